The number of hydrogen-bond acceptors (Lipinski definition) is 9. The van der Waals surface area contributed by atoms with Crippen molar-refractivity contribution < 1.29 is 9.66 Å². The maximum absolute atomic E-state index is 12.7. The molecule has 0 fully saturated rings. The highest BCUT2D eigenvalue weighted by atomic mass is 35.5. The van der Waals surface area contributed by atoms with E-state index in [1.165, 1.54) is 38.3 Å². The number of ether oxygens (including phenoxy) is 1. The standard InChI is InChI=1S/C18H15N3O2.C17H12ClN3O.C17H12N4O3/c1-11-3-8-14-16(9-11)19-10-15-17(14)20-21(18(15)22)12-4-6-13(23-2)7-5-12;1-10-2-7-13-15(8-10)19-9-14-16(13)20-21(17(14)22)12-5-3-11(18)4-6-12;1-10-2-7-13-15(8-10)18-9-14-16(13)19-20(17(14)22)11-3-5-12(6-4-11)21(23)24/h3-10,20H,1-2H3;2-9,20H,1H3;2-9,19H,1H3. The van der Waals surface area contributed by atoms with Crippen LogP contribution in [0.25, 0.3) is 82.5 Å². The first-order chi connectivity index (χ1) is 33.3. The molecule has 6 aromatic carbocycles. The molecule has 12 rings (SSSR count). The van der Waals surface area contributed by atoms with Gasteiger partial charge in [0.1, 0.15) is 5.75 Å². The highest BCUT2D eigenvalue weighted by molar-refractivity contribution is 6.30. The van der Waals surface area contributed by atoms with Crippen LogP contribution in [0.2, 0.25) is 5.02 Å². The summed E-state index contributed by atoms with van der Waals surface area (Å²) in [4.78, 5) is 61.3. The van der Waals surface area contributed by atoms with Crippen molar-refractivity contribution in [3.8, 4) is 22.8 Å². The van der Waals surface area contributed by atoms with Crippen molar-refractivity contribution in [2.75, 3.05) is 7.11 Å². The Bertz CT molecular complexity index is 4150. The molecule has 0 aliphatic carbocycles. The highest BCUT2D eigenvalue weighted by Gasteiger charge is 2.16. The Balaban J connectivity index is 0.000000120. The molecule has 69 heavy (non-hydrogen) atoms. The van der Waals surface area contributed by atoms with Gasteiger partial charge in [-0.25, -0.2) is 14.0 Å². The maximum Gasteiger partial charge on any atom is 0.280 e. The van der Waals surface area contributed by atoms with Crippen LogP contribution in [0.15, 0.2) is 160 Å². The lowest BCUT2D eigenvalue weighted by Crippen LogP contribution is -2.14. The normalized spacial score (nSPS) is 11.3. The summed E-state index contributed by atoms with van der Waals surface area (Å²) in [6.07, 6.45) is 4.82. The van der Waals surface area contributed by atoms with Crippen molar-refractivity contribution in [2.24, 2.45) is 0 Å². The van der Waals surface area contributed by atoms with Crippen molar-refractivity contribution in [3.05, 3.63) is 209 Å². The largest absolute Gasteiger partial charge is 0.497 e. The monoisotopic (exact) mass is 934 g/mol. The average Bonchev–Trinajstić information content (AvgIpc) is 4.01. The fraction of sp³-hybridized carbons (Fsp3) is 0.0769. The molecule has 0 radical (unpaired) electrons. The second kappa shape index (κ2) is 17.6. The number of aromatic nitrogens is 9. The molecule has 16 nitrogen and oxygen atoms in total. The van der Waals surface area contributed by atoms with Crippen LogP contribution in [0, 0.1) is 30.9 Å². The molecule has 12 aromatic rings. The highest BCUT2D eigenvalue weighted by Crippen LogP contribution is 2.26. The van der Waals surface area contributed by atoms with Crippen LogP contribution in [-0.4, -0.2) is 56.3 Å². The number of nitrogens with zero attached hydrogens (tertiary/aromatic N) is 7. The number of pyridine rings is 3. The van der Waals surface area contributed by atoms with E-state index in [0.29, 0.717) is 32.4 Å². The summed E-state index contributed by atoms with van der Waals surface area (Å²) in [5.41, 5.74) is 9.75. The summed E-state index contributed by atoms with van der Waals surface area (Å²) in [5, 5.41) is 25.2. The van der Waals surface area contributed by atoms with Gasteiger partial charge >= 0.3 is 0 Å². The van der Waals surface area contributed by atoms with E-state index in [9.17, 15) is 24.5 Å². The van der Waals surface area contributed by atoms with E-state index in [4.69, 9.17) is 16.3 Å². The van der Waals surface area contributed by atoms with E-state index in [0.717, 1.165) is 77.6 Å². The van der Waals surface area contributed by atoms with Crippen molar-refractivity contribution in [3.63, 3.8) is 0 Å². The minimum Gasteiger partial charge on any atom is -0.497 e. The molecular formula is C52H39ClN10O6. The number of nitro groups is 1. The number of aromatic amines is 3. The first-order valence-corrected chi connectivity index (χ1v) is 21.9. The second-order valence-electron chi connectivity index (χ2n) is 16.4. The number of fused-ring (bicyclic) bond motifs is 9. The SMILES string of the molecule is COc1ccc(-n2[nH]c3c(cnc4cc(C)ccc43)c2=O)cc1.Cc1ccc2c(c1)ncc1c(=O)n(-c3ccc(Cl)cc3)[nH]c12.Cc1ccc2c(c1)ncc1c(=O)n(-c3ccc([N+](=O)[O-])cc3)[nH]c12. The quantitative estimate of drug-likeness (QED) is 0.111. The van der Waals surface area contributed by atoms with Gasteiger partial charge in [0.2, 0.25) is 0 Å². The van der Waals surface area contributed by atoms with Crippen molar-refractivity contribution >= 4 is 82.7 Å². The van der Waals surface area contributed by atoms with E-state index >= 15 is 0 Å². The molecule has 6 aromatic heterocycles. The second-order valence-corrected chi connectivity index (χ2v) is 16.8. The molecule has 0 unspecified atom stereocenters. The van der Waals surface area contributed by atoms with Gasteiger partial charge in [0.15, 0.2) is 0 Å². The predicted molar refractivity (Wildman–Crippen MR) is 270 cm³/mol. The molecule has 0 aliphatic rings. The average molecular weight is 935 g/mol. The van der Waals surface area contributed by atoms with Crippen LogP contribution in [0.5, 0.6) is 5.75 Å². The van der Waals surface area contributed by atoms with E-state index in [1.807, 2.05) is 99.6 Å². The fourth-order valence-corrected chi connectivity index (χ4v) is 8.32. The Morgan fingerprint density at radius 1 is 0.493 bits per heavy atom. The van der Waals surface area contributed by atoms with Crippen molar-refractivity contribution in [2.45, 2.75) is 20.8 Å². The van der Waals surface area contributed by atoms with Gasteiger partial charge in [0.05, 0.1) is 78.4 Å². The molecular weight excluding hydrogens is 896 g/mol. The minimum atomic E-state index is -0.475. The van der Waals surface area contributed by atoms with Crippen LogP contribution in [0.1, 0.15) is 16.7 Å². The van der Waals surface area contributed by atoms with E-state index in [-0.39, 0.29) is 22.4 Å². The third kappa shape index (κ3) is 8.14. The number of non-ortho nitro benzene ring substituents is 1. The molecule has 0 amide bonds. The number of benzene rings is 6. The topological polar surface area (TPSA) is 204 Å². The molecule has 340 valence electrons. The Hall–Kier alpha value is -9.15. The first kappa shape index (κ1) is 43.7. The van der Waals surface area contributed by atoms with Gasteiger partial charge in [0, 0.05) is 51.9 Å². The number of H-pyrrole nitrogens is 3. The third-order valence-corrected chi connectivity index (χ3v) is 12.0. The summed E-state index contributed by atoms with van der Waals surface area (Å²) in [6, 6.07) is 38.2. The van der Waals surface area contributed by atoms with E-state index in [2.05, 4.69) is 30.2 Å². The van der Waals surface area contributed by atoms with Crippen LogP contribution >= 0.6 is 11.6 Å². The number of halogens is 1. The molecule has 6 heterocycles. The van der Waals surface area contributed by atoms with Gasteiger partial charge in [-0.15, -0.1) is 0 Å². The van der Waals surface area contributed by atoms with Gasteiger partial charge in [-0.3, -0.25) is 54.7 Å². The lowest BCUT2D eigenvalue weighted by molar-refractivity contribution is -0.384. The summed E-state index contributed by atoms with van der Waals surface area (Å²) in [6.45, 7) is 6.03. The zero-order valence-corrected chi connectivity index (χ0v) is 38.1. The Kier molecular flexibility index (Phi) is 11.1. The summed E-state index contributed by atoms with van der Waals surface area (Å²) < 4.78 is 9.57. The summed E-state index contributed by atoms with van der Waals surface area (Å²) in [5.74, 6) is 0.750. The number of aryl methyl sites for hydroxylation is 3. The zero-order valence-electron chi connectivity index (χ0n) is 37.3. The molecule has 0 spiro atoms. The van der Waals surface area contributed by atoms with Crippen LogP contribution in [0.4, 0.5) is 5.69 Å². The first-order valence-electron chi connectivity index (χ1n) is 21.5. The molecule has 3 N–H and O–H groups in total. The van der Waals surface area contributed by atoms with Crippen molar-refractivity contribution in [1.82, 2.24) is 44.3 Å². The number of hydrogen-bond donors (Lipinski definition) is 3. The molecule has 0 saturated carbocycles. The maximum atomic E-state index is 12.7. The fourth-order valence-electron chi connectivity index (χ4n) is 8.20. The summed E-state index contributed by atoms with van der Waals surface area (Å²) in [7, 11) is 1.61. The number of nitrogens with one attached hydrogen (secondary N) is 3. The van der Waals surface area contributed by atoms with Gasteiger partial charge < -0.3 is 4.74 Å². The smallest absolute Gasteiger partial charge is 0.280 e. The lowest BCUT2D eigenvalue weighted by atomic mass is 10.1. The van der Waals surface area contributed by atoms with E-state index in [1.54, 1.807) is 50.0 Å². The van der Waals surface area contributed by atoms with Crippen LogP contribution in [-0.2, 0) is 0 Å². The number of nitro benzene ring substituents is 1. The Morgan fingerprint density at radius 2 is 0.826 bits per heavy atom. The van der Waals surface area contributed by atoms with Gasteiger partial charge in [-0.1, -0.05) is 48.0 Å². The molecule has 0 saturated heterocycles. The van der Waals surface area contributed by atoms with Gasteiger partial charge in [-0.2, -0.15) is 0 Å². The van der Waals surface area contributed by atoms with Gasteiger partial charge in [-0.05, 0) is 116 Å². The Labute approximate surface area is 394 Å². The Morgan fingerprint density at radius 3 is 1.16 bits per heavy atom. The molecule has 0 atom stereocenters. The lowest BCUT2D eigenvalue weighted by Gasteiger charge is -2.03. The minimum absolute atomic E-state index is 0.0227. The molecule has 0 aliphatic heterocycles. The zero-order chi connectivity index (χ0) is 48.1. The predicted octanol–water partition coefficient (Wildman–Crippen LogP) is 10.1. The molecule has 17 heteroatoms. The third-order valence-electron chi connectivity index (χ3n) is 11.8. The van der Waals surface area contributed by atoms with Gasteiger partial charge in [0.25, 0.3) is 22.4 Å². The van der Waals surface area contributed by atoms with Crippen molar-refractivity contribution in [1.29, 1.82) is 0 Å². The van der Waals surface area contributed by atoms with Crippen LogP contribution < -0.4 is 21.4 Å². The van der Waals surface area contributed by atoms with E-state index < -0.39 is 4.92 Å². The number of methoxy groups -OCH3 is 1. The van der Waals surface area contributed by atoms with Crippen LogP contribution in [0.3, 0.4) is 0 Å². The number of rotatable bonds is 5. The molecule has 0 bridgehead atoms. The summed E-state index contributed by atoms with van der Waals surface area (Å²) >= 11 is 5.90.